The van der Waals surface area contributed by atoms with Gasteiger partial charge >= 0.3 is 0 Å². The zero-order chi connectivity index (χ0) is 14.2. The lowest BCUT2D eigenvalue weighted by Crippen LogP contribution is -2.37. The molecule has 6 nitrogen and oxygen atoms in total. The van der Waals surface area contributed by atoms with Crippen molar-refractivity contribution in [3.8, 4) is 0 Å². The molecule has 2 fully saturated rings. The van der Waals surface area contributed by atoms with Crippen molar-refractivity contribution in [1.82, 2.24) is 9.97 Å². The molecular weight excluding hydrogens is 302 g/mol. The third kappa shape index (κ3) is 2.95. The van der Waals surface area contributed by atoms with Gasteiger partial charge in [-0.05, 0) is 24.4 Å². The Hall–Kier alpha value is -0.760. The van der Waals surface area contributed by atoms with Crippen LogP contribution in [0.2, 0.25) is 5.28 Å². The first-order chi connectivity index (χ1) is 9.59. The van der Waals surface area contributed by atoms with Crippen LogP contribution >= 0.6 is 11.6 Å². The Morgan fingerprint density at radius 2 is 2.10 bits per heavy atom. The summed E-state index contributed by atoms with van der Waals surface area (Å²) in [5.41, 5.74) is 0.378. The average Bonchev–Trinajstić information content (AvgIpc) is 3.19. The molecule has 1 aliphatic carbocycles. The monoisotopic (exact) mass is 316 g/mol. The van der Waals surface area contributed by atoms with Gasteiger partial charge in [-0.1, -0.05) is 11.1 Å². The minimum absolute atomic E-state index is 0.100. The summed E-state index contributed by atoms with van der Waals surface area (Å²) < 4.78 is 27.3. The van der Waals surface area contributed by atoms with Crippen molar-refractivity contribution in [2.24, 2.45) is 0 Å². The van der Waals surface area contributed by atoms with E-state index < -0.39 is 11.1 Å². The van der Waals surface area contributed by atoms with Gasteiger partial charge < -0.3 is 14.2 Å². The molecule has 1 aromatic heterocycles. The molecule has 2 heterocycles. The standard InChI is InChI=1S/C12H16ClN3O3S/c13-11-14-9(12(1-2-12)8-20(17)18)7-10(15-11)16-3-5-19-6-4-16/h7H,1-6,8H2,(H,17,18)/p-1. The largest absolute Gasteiger partial charge is 0.772 e. The van der Waals surface area contributed by atoms with Crippen LogP contribution in [0.1, 0.15) is 18.5 Å². The van der Waals surface area contributed by atoms with E-state index in [1.165, 1.54) is 0 Å². The van der Waals surface area contributed by atoms with Crippen LogP contribution in [0.4, 0.5) is 5.82 Å². The molecule has 1 aliphatic heterocycles. The molecular formula is C12H15ClN3O3S-. The fourth-order valence-corrected chi connectivity index (χ4v) is 3.55. The van der Waals surface area contributed by atoms with Gasteiger partial charge in [0.1, 0.15) is 5.82 Å². The first kappa shape index (κ1) is 14.2. The zero-order valence-corrected chi connectivity index (χ0v) is 12.5. The predicted octanol–water partition coefficient (Wildman–Crippen LogP) is 0.877. The molecule has 0 spiro atoms. The molecule has 110 valence electrons. The maximum atomic E-state index is 11.0. The minimum atomic E-state index is -2.08. The Bertz CT molecular complexity index is 533. The van der Waals surface area contributed by atoms with Crippen LogP contribution in [0.15, 0.2) is 6.07 Å². The van der Waals surface area contributed by atoms with E-state index in [1.54, 1.807) is 0 Å². The van der Waals surface area contributed by atoms with Crippen LogP contribution in [0.3, 0.4) is 0 Å². The Morgan fingerprint density at radius 1 is 1.40 bits per heavy atom. The quantitative estimate of drug-likeness (QED) is 0.606. The lowest BCUT2D eigenvalue weighted by atomic mass is 10.1. The molecule has 0 N–H and O–H groups in total. The van der Waals surface area contributed by atoms with Crippen LogP contribution < -0.4 is 4.90 Å². The number of hydrogen-bond donors (Lipinski definition) is 0. The molecule has 0 aromatic carbocycles. The second kappa shape index (κ2) is 5.55. The summed E-state index contributed by atoms with van der Waals surface area (Å²) in [6.07, 6.45) is 1.66. The summed E-state index contributed by atoms with van der Waals surface area (Å²) in [4.78, 5) is 10.6. The Kier molecular flexibility index (Phi) is 3.94. The van der Waals surface area contributed by atoms with Crippen LogP contribution in [-0.4, -0.2) is 50.8 Å². The third-order valence-electron chi connectivity index (χ3n) is 3.81. The van der Waals surface area contributed by atoms with E-state index in [9.17, 15) is 8.76 Å². The van der Waals surface area contributed by atoms with E-state index in [0.29, 0.717) is 13.2 Å². The molecule has 3 rings (SSSR count). The highest BCUT2D eigenvalue weighted by Crippen LogP contribution is 2.48. The van der Waals surface area contributed by atoms with Crippen LogP contribution in [0.25, 0.3) is 0 Å². The van der Waals surface area contributed by atoms with Crippen molar-refractivity contribution in [1.29, 1.82) is 0 Å². The molecule has 0 amide bonds. The van der Waals surface area contributed by atoms with Gasteiger partial charge in [-0.15, -0.1) is 0 Å². The lowest BCUT2D eigenvalue weighted by Gasteiger charge is -2.28. The summed E-state index contributed by atoms with van der Waals surface area (Å²) in [6.45, 7) is 2.83. The van der Waals surface area contributed by atoms with E-state index in [2.05, 4.69) is 14.9 Å². The number of rotatable bonds is 4. The molecule has 8 heteroatoms. The van der Waals surface area contributed by atoms with Crippen molar-refractivity contribution in [3.63, 3.8) is 0 Å². The molecule has 20 heavy (non-hydrogen) atoms. The molecule has 0 radical (unpaired) electrons. The van der Waals surface area contributed by atoms with Crippen LogP contribution in [0.5, 0.6) is 0 Å². The number of ether oxygens (including phenoxy) is 1. The summed E-state index contributed by atoms with van der Waals surface area (Å²) in [6, 6.07) is 1.87. The van der Waals surface area contributed by atoms with Crippen LogP contribution in [-0.2, 0) is 21.2 Å². The van der Waals surface area contributed by atoms with Gasteiger partial charge in [-0.3, -0.25) is 4.21 Å². The number of nitrogens with zero attached hydrogens (tertiary/aromatic N) is 3. The topological polar surface area (TPSA) is 78.4 Å². The van der Waals surface area contributed by atoms with Crippen molar-refractivity contribution >= 4 is 28.5 Å². The first-order valence-electron chi connectivity index (χ1n) is 6.53. The number of hydrogen-bond acceptors (Lipinski definition) is 6. The van der Waals surface area contributed by atoms with Crippen molar-refractivity contribution in [2.75, 3.05) is 37.0 Å². The first-order valence-corrected chi connectivity index (χ1v) is 8.15. The molecule has 1 atom stereocenters. The summed E-state index contributed by atoms with van der Waals surface area (Å²) in [7, 11) is 0. The second-order valence-electron chi connectivity index (χ2n) is 5.21. The highest BCUT2D eigenvalue weighted by atomic mass is 35.5. The van der Waals surface area contributed by atoms with Gasteiger partial charge in [-0.2, -0.15) is 0 Å². The van der Waals surface area contributed by atoms with Crippen LogP contribution in [0, 0.1) is 0 Å². The third-order valence-corrected chi connectivity index (χ3v) is 4.77. The van der Waals surface area contributed by atoms with Gasteiger partial charge in [0.05, 0.1) is 18.9 Å². The summed E-state index contributed by atoms with van der Waals surface area (Å²) >= 11 is 3.93. The highest BCUT2D eigenvalue weighted by molar-refractivity contribution is 7.79. The molecule has 2 aliphatic rings. The Labute approximate surface area is 124 Å². The van der Waals surface area contributed by atoms with E-state index >= 15 is 0 Å². The maximum absolute atomic E-state index is 11.0. The van der Waals surface area contributed by atoms with E-state index in [-0.39, 0.29) is 16.5 Å². The predicted molar refractivity (Wildman–Crippen MR) is 74.8 cm³/mol. The molecule has 1 saturated heterocycles. The fraction of sp³-hybridized carbons (Fsp3) is 0.667. The van der Waals surface area contributed by atoms with Gasteiger partial charge in [0.2, 0.25) is 5.28 Å². The summed E-state index contributed by atoms with van der Waals surface area (Å²) in [5.74, 6) is 0.856. The van der Waals surface area contributed by atoms with E-state index in [1.807, 2.05) is 6.07 Å². The SMILES string of the molecule is O=S([O-])CC1(c2cc(N3CCOCC3)nc(Cl)n2)CC1. The van der Waals surface area contributed by atoms with Gasteiger partial charge in [-0.25, -0.2) is 9.97 Å². The molecule has 1 unspecified atom stereocenters. The van der Waals surface area contributed by atoms with Crippen molar-refractivity contribution in [3.05, 3.63) is 17.0 Å². The fourth-order valence-electron chi connectivity index (χ4n) is 2.48. The maximum Gasteiger partial charge on any atom is 0.224 e. The van der Waals surface area contributed by atoms with Crippen molar-refractivity contribution < 1.29 is 13.5 Å². The van der Waals surface area contributed by atoms with Gasteiger partial charge in [0, 0.05) is 30.3 Å². The Balaban J connectivity index is 1.88. The highest BCUT2D eigenvalue weighted by Gasteiger charge is 2.46. The average molecular weight is 317 g/mol. The lowest BCUT2D eigenvalue weighted by molar-refractivity contribution is 0.122. The summed E-state index contributed by atoms with van der Waals surface area (Å²) in [5, 5.41) is 0.173. The normalized spacial score (nSPS) is 22.6. The second-order valence-corrected chi connectivity index (χ2v) is 6.44. The smallest absolute Gasteiger partial charge is 0.224 e. The molecule has 1 aromatic rings. The van der Waals surface area contributed by atoms with Gasteiger partial charge in [0.25, 0.3) is 0 Å². The van der Waals surface area contributed by atoms with E-state index in [0.717, 1.165) is 37.4 Å². The molecule has 0 bridgehead atoms. The number of anilines is 1. The number of aromatic nitrogens is 2. The van der Waals surface area contributed by atoms with Gasteiger partial charge in [0.15, 0.2) is 0 Å². The number of halogens is 1. The minimum Gasteiger partial charge on any atom is -0.772 e. The van der Waals surface area contributed by atoms with Crippen molar-refractivity contribution in [2.45, 2.75) is 18.3 Å². The molecule has 1 saturated carbocycles. The van der Waals surface area contributed by atoms with E-state index in [4.69, 9.17) is 16.3 Å². The number of morpholine rings is 1. The Morgan fingerprint density at radius 3 is 2.70 bits per heavy atom. The zero-order valence-electron chi connectivity index (χ0n) is 10.9.